The van der Waals surface area contributed by atoms with E-state index in [4.69, 9.17) is 19.6 Å². The van der Waals surface area contributed by atoms with Gasteiger partial charge in [0.1, 0.15) is 18.4 Å². The van der Waals surface area contributed by atoms with Gasteiger partial charge in [-0.2, -0.15) is 4.98 Å². The number of nitrogens with zero attached hydrogens (tertiary/aromatic N) is 3. The summed E-state index contributed by atoms with van der Waals surface area (Å²) in [5.74, 6) is 1.81. The van der Waals surface area contributed by atoms with E-state index < -0.39 is 12.0 Å². The third-order valence-corrected chi connectivity index (χ3v) is 7.39. The standard InChI is InChI=1S/C27H31BrN4O3S/c1-5-7-14-36-27-30-26-29-18(4)23(25(33)34-6-2)24(32(26)31-27)21-15-20(28)12-13-22(21)35-16-19-11-9-8-10-17(19)3/h8-13,15,24H,5-7,14,16H2,1-4H3,(H,29,30,31). The predicted octanol–water partition coefficient (Wildman–Crippen LogP) is 6.67. The van der Waals surface area contributed by atoms with Crippen molar-refractivity contribution in [2.45, 2.75) is 58.3 Å². The fourth-order valence-corrected chi connectivity index (χ4v) is 5.34. The maximum atomic E-state index is 13.2. The number of hydrogen-bond acceptors (Lipinski definition) is 7. The molecule has 3 aromatic rings. The predicted molar refractivity (Wildman–Crippen MR) is 146 cm³/mol. The number of allylic oxidation sites excluding steroid dienone is 1. The molecule has 2 heterocycles. The number of fused-ring (bicyclic) bond motifs is 1. The van der Waals surface area contributed by atoms with E-state index in [2.05, 4.69) is 47.2 Å². The molecule has 1 aliphatic heterocycles. The number of thioether (sulfide) groups is 1. The van der Waals surface area contributed by atoms with Crippen LogP contribution in [0.3, 0.4) is 0 Å². The topological polar surface area (TPSA) is 78.3 Å². The second-order valence-electron chi connectivity index (χ2n) is 8.55. The highest BCUT2D eigenvalue weighted by molar-refractivity contribution is 9.10. The summed E-state index contributed by atoms with van der Waals surface area (Å²) in [6, 6.07) is 13.4. The number of benzene rings is 2. The fraction of sp³-hybridized carbons (Fsp3) is 0.370. The molecule has 0 saturated carbocycles. The molecule has 0 saturated heterocycles. The molecule has 0 spiro atoms. The van der Waals surface area contributed by atoms with Crippen LogP contribution in [0.5, 0.6) is 5.75 Å². The van der Waals surface area contributed by atoms with Crippen LogP contribution in [0.25, 0.3) is 0 Å². The summed E-state index contributed by atoms with van der Waals surface area (Å²) >= 11 is 5.22. The zero-order valence-corrected chi connectivity index (χ0v) is 23.4. The largest absolute Gasteiger partial charge is 0.489 e. The van der Waals surface area contributed by atoms with Crippen molar-refractivity contribution in [2.24, 2.45) is 0 Å². The summed E-state index contributed by atoms with van der Waals surface area (Å²) in [6.07, 6.45) is 2.19. The first-order valence-electron chi connectivity index (χ1n) is 12.1. The summed E-state index contributed by atoms with van der Waals surface area (Å²) in [7, 11) is 0. The smallest absolute Gasteiger partial charge is 0.338 e. The van der Waals surface area contributed by atoms with Gasteiger partial charge in [0.15, 0.2) is 0 Å². The van der Waals surface area contributed by atoms with Gasteiger partial charge in [-0.25, -0.2) is 9.48 Å². The van der Waals surface area contributed by atoms with Crippen molar-refractivity contribution in [2.75, 3.05) is 17.7 Å². The molecule has 190 valence electrons. The number of unbranched alkanes of at least 4 members (excludes halogenated alkanes) is 1. The van der Waals surface area contributed by atoms with E-state index in [0.29, 0.717) is 34.7 Å². The number of carbonyl (C=O) groups excluding carboxylic acids is 1. The van der Waals surface area contributed by atoms with E-state index in [1.807, 2.05) is 37.3 Å². The normalized spacial score (nSPS) is 14.9. The molecule has 1 atom stereocenters. The van der Waals surface area contributed by atoms with E-state index in [1.165, 1.54) is 0 Å². The van der Waals surface area contributed by atoms with Crippen LogP contribution < -0.4 is 10.1 Å². The first-order valence-corrected chi connectivity index (χ1v) is 13.9. The van der Waals surface area contributed by atoms with Gasteiger partial charge < -0.3 is 14.8 Å². The molecule has 0 amide bonds. The monoisotopic (exact) mass is 570 g/mol. The van der Waals surface area contributed by atoms with Crippen LogP contribution in [0, 0.1) is 6.92 Å². The lowest BCUT2D eigenvalue weighted by Gasteiger charge is -2.29. The van der Waals surface area contributed by atoms with Gasteiger partial charge in [-0.05, 0) is 56.5 Å². The number of anilines is 1. The maximum absolute atomic E-state index is 13.2. The number of hydrogen-bond donors (Lipinski definition) is 1. The molecule has 1 aliphatic rings. The van der Waals surface area contributed by atoms with Crippen LogP contribution >= 0.6 is 27.7 Å². The molecule has 0 bridgehead atoms. The van der Waals surface area contributed by atoms with Crippen LogP contribution in [0.2, 0.25) is 0 Å². The van der Waals surface area contributed by atoms with E-state index in [0.717, 1.165) is 39.8 Å². The average molecular weight is 572 g/mol. The Bertz CT molecular complexity index is 1270. The number of halogens is 1. The summed E-state index contributed by atoms with van der Waals surface area (Å²) in [5, 5.41) is 8.74. The Hall–Kier alpha value is -2.78. The van der Waals surface area contributed by atoms with Gasteiger partial charge >= 0.3 is 5.97 Å². The lowest BCUT2D eigenvalue weighted by atomic mass is 9.95. The SMILES string of the molecule is CCCCSc1nc2n(n1)C(c1cc(Br)ccc1OCc1ccccc1C)C(C(=O)OCC)=C(C)N2. The Labute approximate surface area is 224 Å². The molecule has 0 radical (unpaired) electrons. The molecule has 0 aliphatic carbocycles. The van der Waals surface area contributed by atoms with E-state index in [-0.39, 0.29) is 6.61 Å². The van der Waals surface area contributed by atoms with Crippen molar-refractivity contribution in [3.05, 3.63) is 74.9 Å². The van der Waals surface area contributed by atoms with Gasteiger partial charge in [0.2, 0.25) is 11.1 Å². The van der Waals surface area contributed by atoms with Crippen LogP contribution in [-0.4, -0.2) is 33.1 Å². The zero-order valence-electron chi connectivity index (χ0n) is 21.0. The molecular formula is C27H31BrN4O3S. The van der Waals surface area contributed by atoms with Gasteiger partial charge in [-0.15, -0.1) is 5.10 Å². The van der Waals surface area contributed by atoms with Crippen molar-refractivity contribution in [1.29, 1.82) is 0 Å². The lowest BCUT2D eigenvalue weighted by molar-refractivity contribution is -0.139. The highest BCUT2D eigenvalue weighted by Gasteiger charge is 2.37. The fourth-order valence-electron chi connectivity index (χ4n) is 4.05. The zero-order chi connectivity index (χ0) is 25.7. The van der Waals surface area contributed by atoms with Crippen molar-refractivity contribution in [3.8, 4) is 5.75 Å². The Kier molecular flexibility index (Phi) is 8.74. The molecular weight excluding hydrogens is 540 g/mol. The van der Waals surface area contributed by atoms with Crippen LogP contribution in [-0.2, 0) is 16.1 Å². The van der Waals surface area contributed by atoms with Crippen molar-refractivity contribution in [3.63, 3.8) is 0 Å². The molecule has 1 aromatic heterocycles. The minimum Gasteiger partial charge on any atom is -0.489 e. The quantitative estimate of drug-likeness (QED) is 0.165. The van der Waals surface area contributed by atoms with Crippen molar-refractivity contribution in [1.82, 2.24) is 14.8 Å². The molecule has 1 N–H and O–H groups in total. The molecule has 9 heteroatoms. The molecule has 1 unspecified atom stereocenters. The minimum atomic E-state index is -0.558. The van der Waals surface area contributed by atoms with Crippen LogP contribution in [0.15, 0.2) is 63.4 Å². The Morgan fingerprint density at radius 2 is 2.00 bits per heavy atom. The molecule has 7 nitrogen and oxygen atoms in total. The first-order chi connectivity index (χ1) is 17.4. The minimum absolute atomic E-state index is 0.278. The second-order valence-corrected chi connectivity index (χ2v) is 10.5. The Morgan fingerprint density at radius 3 is 2.75 bits per heavy atom. The number of aromatic nitrogens is 3. The number of carbonyl (C=O) groups is 1. The molecule has 2 aromatic carbocycles. The summed E-state index contributed by atoms with van der Waals surface area (Å²) in [4.78, 5) is 17.9. The summed E-state index contributed by atoms with van der Waals surface area (Å²) in [5.41, 5.74) is 4.24. The third kappa shape index (κ3) is 5.78. The molecule has 4 rings (SSSR count). The van der Waals surface area contributed by atoms with Crippen LogP contribution in [0.4, 0.5) is 5.95 Å². The van der Waals surface area contributed by atoms with Gasteiger partial charge in [0.05, 0.1) is 12.2 Å². The first kappa shape index (κ1) is 26.3. The molecule has 36 heavy (non-hydrogen) atoms. The number of aryl methyl sites for hydroxylation is 1. The second kappa shape index (κ2) is 12.0. The van der Waals surface area contributed by atoms with Crippen LogP contribution in [0.1, 0.15) is 56.3 Å². The van der Waals surface area contributed by atoms with Gasteiger partial charge in [-0.3, -0.25) is 0 Å². The number of ether oxygens (including phenoxy) is 2. The third-order valence-electron chi connectivity index (χ3n) is 5.97. The van der Waals surface area contributed by atoms with Gasteiger partial charge in [0, 0.05) is 21.5 Å². The van der Waals surface area contributed by atoms with Gasteiger partial charge in [0.25, 0.3) is 0 Å². The summed E-state index contributed by atoms with van der Waals surface area (Å²) < 4.78 is 14.5. The number of nitrogens with one attached hydrogen (secondary N) is 1. The average Bonchev–Trinajstić information content (AvgIpc) is 3.25. The number of esters is 1. The van der Waals surface area contributed by atoms with Crippen molar-refractivity contribution < 1.29 is 14.3 Å². The van der Waals surface area contributed by atoms with E-state index in [9.17, 15) is 4.79 Å². The summed E-state index contributed by atoms with van der Waals surface area (Å²) in [6.45, 7) is 8.59. The van der Waals surface area contributed by atoms with Crippen molar-refractivity contribution >= 4 is 39.6 Å². The Morgan fingerprint density at radius 1 is 1.19 bits per heavy atom. The van der Waals surface area contributed by atoms with E-state index in [1.54, 1.807) is 23.4 Å². The number of rotatable bonds is 10. The molecule has 0 fully saturated rings. The highest BCUT2D eigenvalue weighted by Crippen LogP contribution is 2.41. The van der Waals surface area contributed by atoms with Gasteiger partial charge in [-0.1, -0.05) is 65.3 Å². The Balaban J connectivity index is 1.78. The lowest BCUT2D eigenvalue weighted by Crippen LogP contribution is -2.30. The maximum Gasteiger partial charge on any atom is 0.338 e. The highest BCUT2D eigenvalue weighted by atomic mass is 79.9. The van der Waals surface area contributed by atoms with E-state index >= 15 is 0 Å².